The van der Waals surface area contributed by atoms with Crippen molar-refractivity contribution in [1.29, 1.82) is 0 Å². The Balaban J connectivity index is 0.000000671. The van der Waals surface area contributed by atoms with Crippen molar-refractivity contribution in [3.8, 4) is 0 Å². The molecule has 2 heteroatoms. The van der Waals surface area contributed by atoms with Crippen LogP contribution in [0.4, 0.5) is 0 Å². The smallest absolute Gasteiger partial charge is 0.222 e. The Morgan fingerprint density at radius 3 is 2.46 bits per heavy atom. The van der Waals surface area contributed by atoms with Gasteiger partial charge in [0, 0.05) is 19.0 Å². The number of amides is 1. The van der Waals surface area contributed by atoms with Gasteiger partial charge in [0.15, 0.2) is 0 Å². The lowest BCUT2D eigenvalue weighted by molar-refractivity contribution is -0.131. The van der Waals surface area contributed by atoms with Crippen molar-refractivity contribution < 1.29 is 4.79 Å². The molecule has 1 atom stereocenters. The zero-order valence-corrected chi connectivity index (χ0v) is 9.47. The highest BCUT2D eigenvalue weighted by Crippen LogP contribution is 2.20. The number of likely N-dealkylation sites (tertiary alicyclic amines) is 1. The Morgan fingerprint density at radius 2 is 2.00 bits per heavy atom. The van der Waals surface area contributed by atoms with Gasteiger partial charge in [-0.25, -0.2) is 0 Å². The minimum absolute atomic E-state index is 0.328. The predicted octanol–water partition coefficient (Wildman–Crippen LogP) is 2.82. The lowest BCUT2D eigenvalue weighted by atomic mass is 10.2. The maximum Gasteiger partial charge on any atom is 0.222 e. The van der Waals surface area contributed by atoms with Crippen LogP contribution >= 0.6 is 0 Å². The van der Waals surface area contributed by atoms with Crippen molar-refractivity contribution in [2.75, 3.05) is 6.54 Å². The second-order valence-corrected chi connectivity index (χ2v) is 3.14. The van der Waals surface area contributed by atoms with Gasteiger partial charge in [-0.05, 0) is 19.3 Å². The lowest BCUT2D eigenvalue weighted by Crippen LogP contribution is -2.34. The third kappa shape index (κ3) is 3.37. The third-order valence-electron chi connectivity index (χ3n) is 2.47. The van der Waals surface area contributed by atoms with E-state index in [0.29, 0.717) is 18.4 Å². The Bertz CT molecular complexity index is 145. The summed E-state index contributed by atoms with van der Waals surface area (Å²) in [6.07, 6.45) is 4.19. The summed E-state index contributed by atoms with van der Waals surface area (Å²) in [7, 11) is 0. The second kappa shape index (κ2) is 6.93. The average molecular weight is 185 g/mol. The molecule has 1 heterocycles. The van der Waals surface area contributed by atoms with Crippen LogP contribution in [0.1, 0.15) is 53.4 Å². The third-order valence-corrected chi connectivity index (χ3v) is 2.47. The molecule has 1 aliphatic heterocycles. The molecule has 1 rings (SSSR count). The first kappa shape index (κ1) is 12.5. The number of rotatable bonds is 2. The molecule has 0 N–H and O–H groups in total. The van der Waals surface area contributed by atoms with Gasteiger partial charge in [0.1, 0.15) is 0 Å². The average Bonchev–Trinajstić information content (AvgIpc) is 2.67. The minimum atomic E-state index is 0.328. The minimum Gasteiger partial charge on any atom is -0.340 e. The molecular formula is C11H23NO. The first-order chi connectivity index (χ1) is 6.29. The molecule has 0 aromatic heterocycles. The topological polar surface area (TPSA) is 20.3 Å². The molecule has 0 bridgehead atoms. The summed E-state index contributed by atoms with van der Waals surface area (Å²) in [5.74, 6) is 0.328. The van der Waals surface area contributed by atoms with Crippen molar-refractivity contribution in [3.05, 3.63) is 0 Å². The van der Waals surface area contributed by atoms with Crippen molar-refractivity contribution in [1.82, 2.24) is 4.90 Å². The standard InChI is InChI=1S/C9H17NO.C2H6/c1-3-8-6-5-7-10(8)9(11)4-2;1-2/h8H,3-7H2,1-2H3;1-2H3. The molecule has 13 heavy (non-hydrogen) atoms. The first-order valence-corrected chi connectivity index (χ1v) is 5.59. The van der Waals surface area contributed by atoms with Crippen molar-refractivity contribution in [2.45, 2.75) is 59.4 Å². The van der Waals surface area contributed by atoms with E-state index in [-0.39, 0.29) is 0 Å². The lowest BCUT2D eigenvalue weighted by Gasteiger charge is -2.22. The molecule has 0 radical (unpaired) electrons. The Hall–Kier alpha value is -0.530. The van der Waals surface area contributed by atoms with Crippen LogP contribution in [0.5, 0.6) is 0 Å². The van der Waals surface area contributed by atoms with Gasteiger partial charge in [0.25, 0.3) is 0 Å². The van der Waals surface area contributed by atoms with E-state index in [4.69, 9.17) is 0 Å². The summed E-state index contributed by atoms with van der Waals surface area (Å²) in [4.78, 5) is 13.4. The maximum absolute atomic E-state index is 11.3. The number of hydrogen-bond acceptors (Lipinski definition) is 1. The molecule has 1 unspecified atom stereocenters. The van der Waals surface area contributed by atoms with Crippen LogP contribution in [0.2, 0.25) is 0 Å². The number of hydrogen-bond donors (Lipinski definition) is 0. The summed E-state index contributed by atoms with van der Waals surface area (Å²) < 4.78 is 0. The van der Waals surface area contributed by atoms with Crippen molar-refractivity contribution in [2.24, 2.45) is 0 Å². The van der Waals surface area contributed by atoms with Crippen LogP contribution in [0.25, 0.3) is 0 Å². The molecular weight excluding hydrogens is 162 g/mol. The molecule has 0 aliphatic carbocycles. The normalized spacial score (nSPS) is 20.9. The predicted molar refractivity (Wildman–Crippen MR) is 56.7 cm³/mol. The number of nitrogens with zero attached hydrogens (tertiary/aromatic N) is 1. The SMILES string of the molecule is CC.CCC(=O)N1CCCC1CC. The Kier molecular flexibility index (Phi) is 6.65. The molecule has 1 fully saturated rings. The van der Waals surface area contributed by atoms with Gasteiger partial charge in [-0.1, -0.05) is 27.7 Å². The van der Waals surface area contributed by atoms with E-state index in [2.05, 4.69) is 6.92 Å². The summed E-state index contributed by atoms with van der Waals surface area (Å²) in [6, 6.07) is 0.544. The van der Waals surface area contributed by atoms with E-state index >= 15 is 0 Å². The fourth-order valence-electron chi connectivity index (χ4n) is 1.79. The highest BCUT2D eigenvalue weighted by Gasteiger charge is 2.25. The summed E-state index contributed by atoms with van der Waals surface area (Å²) in [5, 5.41) is 0. The fourth-order valence-corrected chi connectivity index (χ4v) is 1.79. The molecule has 1 saturated heterocycles. The zero-order valence-electron chi connectivity index (χ0n) is 9.47. The molecule has 0 aromatic rings. The van der Waals surface area contributed by atoms with E-state index in [1.165, 1.54) is 12.8 Å². The van der Waals surface area contributed by atoms with E-state index < -0.39 is 0 Å². The van der Waals surface area contributed by atoms with Crippen molar-refractivity contribution in [3.63, 3.8) is 0 Å². The van der Waals surface area contributed by atoms with Crippen molar-refractivity contribution >= 4 is 5.91 Å². The second-order valence-electron chi connectivity index (χ2n) is 3.14. The number of carbonyl (C=O) groups excluding carboxylic acids is 1. The summed E-state index contributed by atoms with van der Waals surface area (Å²) >= 11 is 0. The van der Waals surface area contributed by atoms with Crippen LogP contribution in [0.15, 0.2) is 0 Å². The molecule has 2 nitrogen and oxygen atoms in total. The summed E-state index contributed by atoms with van der Waals surface area (Å²) in [5.41, 5.74) is 0. The first-order valence-electron chi connectivity index (χ1n) is 5.59. The van der Waals surface area contributed by atoms with E-state index in [0.717, 1.165) is 13.0 Å². The maximum atomic E-state index is 11.3. The largest absolute Gasteiger partial charge is 0.340 e. The zero-order chi connectivity index (χ0) is 10.3. The Labute approximate surface area is 82.3 Å². The van der Waals surface area contributed by atoms with Gasteiger partial charge in [-0.15, -0.1) is 0 Å². The van der Waals surface area contributed by atoms with Gasteiger partial charge >= 0.3 is 0 Å². The van der Waals surface area contributed by atoms with Crippen LogP contribution < -0.4 is 0 Å². The number of carbonyl (C=O) groups is 1. The molecule has 1 aliphatic rings. The van der Waals surface area contributed by atoms with Gasteiger partial charge in [-0.3, -0.25) is 4.79 Å². The van der Waals surface area contributed by atoms with Gasteiger partial charge < -0.3 is 4.90 Å². The van der Waals surface area contributed by atoms with E-state index in [1.54, 1.807) is 0 Å². The van der Waals surface area contributed by atoms with Crippen LogP contribution in [0.3, 0.4) is 0 Å². The van der Waals surface area contributed by atoms with E-state index in [9.17, 15) is 4.79 Å². The highest BCUT2D eigenvalue weighted by atomic mass is 16.2. The van der Waals surface area contributed by atoms with Gasteiger partial charge in [-0.2, -0.15) is 0 Å². The Morgan fingerprint density at radius 1 is 1.38 bits per heavy atom. The van der Waals surface area contributed by atoms with Crippen LogP contribution in [0, 0.1) is 0 Å². The fraction of sp³-hybridized carbons (Fsp3) is 0.909. The molecule has 78 valence electrons. The van der Waals surface area contributed by atoms with Crippen LogP contribution in [-0.4, -0.2) is 23.4 Å². The van der Waals surface area contributed by atoms with E-state index in [1.807, 2.05) is 25.7 Å². The summed E-state index contributed by atoms with van der Waals surface area (Å²) in [6.45, 7) is 9.09. The quantitative estimate of drug-likeness (QED) is 0.648. The molecule has 0 spiro atoms. The molecule has 0 aromatic carbocycles. The highest BCUT2D eigenvalue weighted by molar-refractivity contribution is 5.76. The molecule has 1 amide bonds. The van der Waals surface area contributed by atoms with Crippen LogP contribution in [-0.2, 0) is 4.79 Å². The monoisotopic (exact) mass is 185 g/mol. The van der Waals surface area contributed by atoms with Gasteiger partial charge in [0.2, 0.25) is 5.91 Å². The van der Waals surface area contributed by atoms with Gasteiger partial charge in [0.05, 0.1) is 0 Å². The molecule has 0 saturated carbocycles.